The average Bonchev–Trinajstić information content (AvgIpc) is 3.17. The van der Waals surface area contributed by atoms with E-state index in [1.54, 1.807) is 18.2 Å². The maximum Gasteiger partial charge on any atom is 0.251 e. The van der Waals surface area contributed by atoms with Crippen molar-refractivity contribution in [3.05, 3.63) is 29.8 Å². The van der Waals surface area contributed by atoms with Crippen LogP contribution in [0.5, 0.6) is 0 Å². The fourth-order valence-electron chi connectivity index (χ4n) is 2.63. The Morgan fingerprint density at radius 1 is 1.24 bits per heavy atom. The van der Waals surface area contributed by atoms with Gasteiger partial charge in [0.2, 0.25) is 5.91 Å². The normalized spacial score (nSPS) is 24.6. The van der Waals surface area contributed by atoms with E-state index in [0.717, 1.165) is 25.9 Å². The summed E-state index contributed by atoms with van der Waals surface area (Å²) >= 11 is 0. The third-order valence-corrected chi connectivity index (χ3v) is 4.16. The molecule has 3 rings (SSSR count). The Morgan fingerprint density at radius 2 is 2.05 bits per heavy atom. The van der Waals surface area contributed by atoms with Crippen LogP contribution in [0.3, 0.4) is 0 Å². The Hall–Kier alpha value is -1.88. The van der Waals surface area contributed by atoms with Gasteiger partial charge in [-0.25, -0.2) is 0 Å². The summed E-state index contributed by atoms with van der Waals surface area (Å²) < 4.78 is 0. The zero-order valence-corrected chi connectivity index (χ0v) is 12.2. The third kappa shape index (κ3) is 3.42. The highest BCUT2D eigenvalue weighted by Gasteiger charge is 2.29. The van der Waals surface area contributed by atoms with Crippen LogP contribution >= 0.6 is 0 Å². The van der Waals surface area contributed by atoms with Crippen LogP contribution in [-0.4, -0.2) is 30.9 Å². The lowest BCUT2D eigenvalue weighted by Gasteiger charge is -2.14. The van der Waals surface area contributed by atoms with Gasteiger partial charge in [0.1, 0.15) is 0 Å². The highest BCUT2D eigenvalue weighted by atomic mass is 16.2. The van der Waals surface area contributed by atoms with Gasteiger partial charge in [-0.05, 0) is 43.5 Å². The monoisotopic (exact) mass is 287 g/mol. The van der Waals surface area contributed by atoms with Crippen LogP contribution in [0.4, 0.5) is 5.69 Å². The quantitative estimate of drug-likeness (QED) is 0.783. The van der Waals surface area contributed by atoms with Gasteiger partial charge in [0.15, 0.2) is 0 Å². The molecule has 2 aliphatic rings. The SMILES string of the molecule is C[C@@H]1CNC[C@H]1C(=O)Nc1cccc(C(=O)NC2CC2)c1. The predicted molar refractivity (Wildman–Crippen MR) is 81.1 cm³/mol. The highest BCUT2D eigenvalue weighted by molar-refractivity contribution is 5.98. The Balaban J connectivity index is 1.65. The van der Waals surface area contributed by atoms with E-state index in [4.69, 9.17) is 0 Å². The van der Waals surface area contributed by atoms with Gasteiger partial charge in [-0.2, -0.15) is 0 Å². The van der Waals surface area contributed by atoms with Crippen molar-refractivity contribution in [2.75, 3.05) is 18.4 Å². The van der Waals surface area contributed by atoms with Gasteiger partial charge in [0.25, 0.3) is 5.91 Å². The molecule has 1 aliphatic carbocycles. The standard InChI is InChI=1S/C16H21N3O2/c1-10-8-17-9-14(10)16(21)19-13-4-2-3-11(7-13)15(20)18-12-5-6-12/h2-4,7,10,12,14,17H,5-6,8-9H2,1H3,(H,18,20)(H,19,21)/t10-,14-/m1/s1. The summed E-state index contributed by atoms with van der Waals surface area (Å²) in [6.07, 6.45) is 2.13. The molecule has 2 amide bonds. The molecule has 1 heterocycles. The summed E-state index contributed by atoms with van der Waals surface area (Å²) in [4.78, 5) is 24.2. The molecule has 0 aromatic heterocycles. The number of carbonyl (C=O) groups excluding carboxylic acids is 2. The molecule has 0 spiro atoms. The lowest BCUT2D eigenvalue weighted by molar-refractivity contribution is -0.120. The van der Waals surface area contributed by atoms with Gasteiger partial charge < -0.3 is 16.0 Å². The molecule has 0 radical (unpaired) electrons. The number of carbonyl (C=O) groups is 2. The lowest BCUT2D eigenvalue weighted by atomic mass is 9.97. The lowest BCUT2D eigenvalue weighted by Crippen LogP contribution is -2.28. The number of benzene rings is 1. The minimum atomic E-state index is -0.0653. The first kappa shape index (κ1) is 14.1. The maximum atomic E-state index is 12.2. The van der Waals surface area contributed by atoms with Gasteiger partial charge in [-0.1, -0.05) is 13.0 Å². The zero-order chi connectivity index (χ0) is 14.8. The fraction of sp³-hybridized carbons (Fsp3) is 0.500. The van der Waals surface area contributed by atoms with Crippen molar-refractivity contribution in [1.29, 1.82) is 0 Å². The zero-order valence-electron chi connectivity index (χ0n) is 12.2. The van der Waals surface area contributed by atoms with E-state index < -0.39 is 0 Å². The third-order valence-electron chi connectivity index (χ3n) is 4.16. The average molecular weight is 287 g/mol. The first-order chi connectivity index (χ1) is 10.1. The van der Waals surface area contributed by atoms with Crippen molar-refractivity contribution in [1.82, 2.24) is 10.6 Å². The van der Waals surface area contributed by atoms with Crippen molar-refractivity contribution in [3.8, 4) is 0 Å². The molecule has 21 heavy (non-hydrogen) atoms. The first-order valence-corrected chi connectivity index (χ1v) is 7.56. The minimum Gasteiger partial charge on any atom is -0.349 e. The topological polar surface area (TPSA) is 70.2 Å². The second kappa shape index (κ2) is 5.85. The van der Waals surface area contributed by atoms with E-state index in [-0.39, 0.29) is 17.7 Å². The fourth-order valence-corrected chi connectivity index (χ4v) is 2.63. The van der Waals surface area contributed by atoms with E-state index in [1.165, 1.54) is 0 Å². The van der Waals surface area contributed by atoms with Gasteiger partial charge in [-0.15, -0.1) is 0 Å². The molecule has 5 nitrogen and oxygen atoms in total. The Morgan fingerprint density at radius 3 is 2.71 bits per heavy atom. The Kier molecular flexibility index (Phi) is 3.92. The van der Waals surface area contributed by atoms with Crippen molar-refractivity contribution < 1.29 is 9.59 Å². The summed E-state index contributed by atoms with van der Waals surface area (Å²) in [5, 5.41) is 9.09. The molecule has 1 saturated carbocycles. The minimum absolute atomic E-state index is 0.00560. The van der Waals surface area contributed by atoms with E-state index in [1.807, 2.05) is 6.07 Å². The van der Waals surface area contributed by atoms with Crippen LogP contribution in [0.25, 0.3) is 0 Å². The van der Waals surface area contributed by atoms with Crippen molar-refractivity contribution in [3.63, 3.8) is 0 Å². The second-order valence-electron chi connectivity index (χ2n) is 6.06. The molecule has 3 N–H and O–H groups in total. The van der Waals surface area contributed by atoms with E-state index in [0.29, 0.717) is 23.2 Å². The van der Waals surface area contributed by atoms with E-state index in [2.05, 4.69) is 22.9 Å². The summed E-state index contributed by atoms with van der Waals surface area (Å²) in [5.74, 6) is 0.289. The van der Waals surface area contributed by atoms with Crippen LogP contribution in [-0.2, 0) is 4.79 Å². The molecule has 0 bridgehead atoms. The number of anilines is 1. The van der Waals surface area contributed by atoms with Crippen molar-refractivity contribution >= 4 is 17.5 Å². The van der Waals surface area contributed by atoms with E-state index >= 15 is 0 Å². The molecule has 1 aliphatic heterocycles. The smallest absolute Gasteiger partial charge is 0.251 e. The van der Waals surface area contributed by atoms with Gasteiger partial charge >= 0.3 is 0 Å². The second-order valence-corrected chi connectivity index (χ2v) is 6.06. The van der Waals surface area contributed by atoms with Crippen LogP contribution in [0.2, 0.25) is 0 Å². The largest absolute Gasteiger partial charge is 0.349 e. The summed E-state index contributed by atoms with van der Waals surface area (Å²) in [6.45, 7) is 3.67. The van der Waals surface area contributed by atoms with Crippen LogP contribution < -0.4 is 16.0 Å². The number of nitrogens with one attached hydrogen (secondary N) is 3. The highest BCUT2D eigenvalue weighted by Crippen LogP contribution is 2.21. The van der Waals surface area contributed by atoms with Crippen LogP contribution in [0.15, 0.2) is 24.3 Å². The number of rotatable bonds is 4. The molecule has 0 unspecified atom stereocenters. The van der Waals surface area contributed by atoms with E-state index in [9.17, 15) is 9.59 Å². The van der Waals surface area contributed by atoms with Crippen LogP contribution in [0.1, 0.15) is 30.1 Å². The molecule has 2 atom stereocenters. The number of hydrogen-bond acceptors (Lipinski definition) is 3. The van der Waals surface area contributed by atoms with Gasteiger partial charge in [0.05, 0.1) is 5.92 Å². The molecule has 2 fully saturated rings. The number of hydrogen-bond donors (Lipinski definition) is 3. The molecule has 1 aromatic carbocycles. The Labute approximate surface area is 124 Å². The van der Waals surface area contributed by atoms with Gasteiger partial charge in [-0.3, -0.25) is 9.59 Å². The van der Waals surface area contributed by atoms with Gasteiger partial charge in [0, 0.05) is 23.8 Å². The van der Waals surface area contributed by atoms with Crippen molar-refractivity contribution in [2.45, 2.75) is 25.8 Å². The summed E-state index contributed by atoms with van der Waals surface area (Å²) in [6, 6.07) is 7.46. The number of amides is 2. The molecular formula is C16H21N3O2. The Bertz CT molecular complexity index is 554. The maximum absolute atomic E-state index is 12.2. The first-order valence-electron chi connectivity index (χ1n) is 7.56. The molecule has 5 heteroatoms. The summed E-state index contributed by atoms with van der Waals surface area (Å²) in [7, 11) is 0. The molecule has 1 aromatic rings. The molecular weight excluding hydrogens is 266 g/mol. The van der Waals surface area contributed by atoms with Crippen molar-refractivity contribution in [2.24, 2.45) is 11.8 Å². The predicted octanol–water partition coefficient (Wildman–Crippen LogP) is 1.37. The van der Waals surface area contributed by atoms with Crippen LogP contribution in [0, 0.1) is 11.8 Å². The molecule has 1 saturated heterocycles. The summed E-state index contributed by atoms with van der Waals surface area (Å²) in [5.41, 5.74) is 1.28. The molecule has 112 valence electrons.